The Hall–Kier alpha value is -1.89. The molecule has 1 saturated carbocycles. The number of rotatable bonds is 5. The second-order valence-corrected chi connectivity index (χ2v) is 7.18. The smallest absolute Gasteiger partial charge is 0.257 e. The lowest BCUT2D eigenvalue weighted by atomic mass is 9.95. The number of nitrogens with one attached hydrogen (secondary N) is 2. The van der Waals surface area contributed by atoms with Crippen LogP contribution in [0.4, 0.5) is 0 Å². The number of nitrogens with zero attached hydrogens (tertiary/aromatic N) is 3. The Kier molecular flexibility index (Phi) is 6.07. The van der Waals surface area contributed by atoms with Gasteiger partial charge in [-0.15, -0.1) is 0 Å². The van der Waals surface area contributed by atoms with Crippen LogP contribution in [0.5, 0.6) is 0 Å². The van der Waals surface area contributed by atoms with Crippen LogP contribution in [-0.4, -0.2) is 58.7 Å². The van der Waals surface area contributed by atoms with E-state index in [9.17, 15) is 9.59 Å². The molecule has 3 rings (SSSR count). The molecule has 2 amide bonds. The minimum Gasteiger partial charge on any atom is -0.352 e. The van der Waals surface area contributed by atoms with Gasteiger partial charge in [-0.3, -0.25) is 14.3 Å². The van der Waals surface area contributed by atoms with Gasteiger partial charge in [-0.25, -0.2) is 0 Å². The van der Waals surface area contributed by atoms with E-state index in [4.69, 9.17) is 0 Å². The maximum absolute atomic E-state index is 12.6. The van der Waals surface area contributed by atoms with Crippen molar-refractivity contribution in [3.63, 3.8) is 0 Å². The highest BCUT2D eigenvalue weighted by Crippen LogP contribution is 2.17. The van der Waals surface area contributed by atoms with Crippen molar-refractivity contribution in [1.82, 2.24) is 25.3 Å². The van der Waals surface area contributed by atoms with Gasteiger partial charge in [-0.2, -0.15) is 5.10 Å². The van der Waals surface area contributed by atoms with Gasteiger partial charge < -0.3 is 15.5 Å². The van der Waals surface area contributed by atoms with Crippen molar-refractivity contribution in [3.8, 4) is 0 Å². The molecule has 1 aliphatic carbocycles. The average Bonchev–Trinajstić information content (AvgIpc) is 3.10. The summed E-state index contributed by atoms with van der Waals surface area (Å²) >= 11 is 0. The summed E-state index contributed by atoms with van der Waals surface area (Å²) in [6, 6.07) is 0.793. The molecule has 0 aromatic carbocycles. The third-order valence-electron chi connectivity index (χ3n) is 5.35. The van der Waals surface area contributed by atoms with Crippen LogP contribution >= 0.6 is 0 Å². The molecule has 138 valence electrons. The van der Waals surface area contributed by atoms with Crippen LogP contribution in [0, 0.1) is 0 Å². The molecular weight excluding hydrogens is 318 g/mol. The Morgan fingerprint density at radius 2 is 1.84 bits per heavy atom. The van der Waals surface area contributed by atoms with Gasteiger partial charge in [0.05, 0.1) is 11.8 Å². The van der Waals surface area contributed by atoms with Crippen LogP contribution in [0.25, 0.3) is 0 Å². The molecule has 2 heterocycles. The monoisotopic (exact) mass is 347 g/mol. The Labute approximate surface area is 149 Å². The fourth-order valence-corrected chi connectivity index (χ4v) is 3.78. The standard InChI is InChI=1S/C18H29N5O2/c1-19-15-7-9-22(10-8-15)18(25)14-11-20-23(12-14)13-17(24)21-16-5-3-2-4-6-16/h11-12,15-16,19H,2-10,13H2,1H3,(H,21,24). The lowest BCUT2D eigenvalue weighted by Gasteiger charge is -2.31. The zero-order chi connectivity index (χ0) is 17.6. The second-order valence-electron chi connectivity index (χ2n) is 7.18. The summed E-state index contributed by atoms with van der Waals surface area (Å²) in [7, 11) is 1.96. The van der Waals surface area contributed by atoms with E-state index in [-0.39, 0.29) is 18.4 Å². The topological polar surface area (TPSA) is 79.3 Å². The first-order valence-corrected chi connectivity index (χ1v) is 9.44. The molecule has 0 unspecified atom stereocenters. The van der Waals surface area contributed by atoms with Crippen LogP contribution in [0.15, 0.2) is 12.4 Å². The quantitative estimate of drug-likeness (QED) is 0.838. The maximum atomic E-state index is 12.6. The summed E-state index contributed by atoms with van der Waals surface area (Å²) in [6.07, 6.45) is 11.0. The number of amides is 2. The van der Waals surface area contributed by atoms with E-state index in [0.29, 0.717) is 17.6 Å². The van der Waals surface area contributed by atoms with E-state index < -0.39 is 0 Å². The Morgan fingerprint density at radius 1 is 1.12 bits per heavy atom. The van der Waals surface area contributed by atoms with Crippen LogP contribution in [-0.2, 0) is 11.3 Å². The maximum Gasteiger partial charge on any atom is 0.257 e. The third-order valence-corrected chi connectivity index (χ3v) is 5.35. The van der Waals surface area contributed by atoms with Crippen molar-refractivity contribution in [2.75, 3.05) is 20.1 Å². The molecule has 0 spiro atoms. The molecule has 1 aromatic rings. The molecule has 25 heavy (non-hydrogen) atoms. The number of carbonyl (C=O) groups excluding carboxylic acids is 2. The fraction of sp³-hybridized carbons (Fsp3) is 0.722. The van der Waals surface area contributed by atoms with Crippen molar-refractivity contribution in [2.45, 2.75) is 63.6 Å². The van der Waals surface area contributed by atoms with Crippen molar-refractivity contribution >= 4 is 11.8 Å². The molecule has 0 radical (unpaired) electrons. The molecule has 7 nitrogen and oxygen atoms in total. The molecular formula is C18H29N5O2. The van der Waals surface area contributed by atoms with Gasteiger partial charge in [0.1, 0.15) is 6.54 Å². The van der Waals surface area contributed by atoms with Gasteiger partial charge in [-0.05, 0) is 32.7 Å². The van der Waals surface area contributed by atoms with E-state index in [1.807, 2.05) is 11.9 Å². The summed E-state index contributed by atoms with van der Waals surface area (Å²) in [5, 5.41) is 10.5. The molecule has 7 heteroatoms. The third kappa shape index (κ3) is 4.81. The lowest BCUT2D eigenvalue weighted by Crippen LogP contribution is -2.43. The largest absolute Gasteiger partial charge is 0.352 e. The number of carbonyl (C=O) groups is 2. The molecule has 0 atom stereocenters. The molecule has 2 fully saturated rings. The van der Waals surface area contributed by atoms with Crippen molar-refractivity contribution in [1.29, 1.82) is 0 Å². The molecule has 0 bridgehead atoms. The SMILES string of the molecule is CNC1CCN(C(=O)c2cnn(CC(=O)NC3CCCCC3)c2)CC1. The zero-order valence-electron chi connectivity index (χ0n) is 15.0. The Balaban J connectivity index is 1.49. The van der Waals surface area contributed by atoms with Crippen LogP contribution in [0.1, 0.15) is 55.3 Å². The van der Waals surface area contributed by atoms with E-state index in [0.717, 1.165) is 38.8 Å². The summed E-state index contributed by atoms with van der Waals surface area (Å²) in [4.78, 5) is 26.6. The van der Waals surface area contributed by atoms with Gasteiger partial charge in [0.25, 0.3) is 5.91 Å². The van der Waals surface area contributed by atoms with Crippen LogP contribution < -0.4 is 10.6 Å². The van der Waals surface area contributed by atoms with Crippen molar-refractivity contribution in [2.24, 2.45) is 0 Å². The number of likely N-dealkylation sites (tertiary alicyclic amines) is 1. The van der Waals surface area contributed by atoms with E-state index in [2.05, 4.69) is 15.7 Å². The van der Waals surface area contributed by atoms with Gasteiger partial charge in [0, 0.05) is 31.4 Å². The predicted molar refractivity (Wildman–Crippen MR) is 95.2 cm³/mol. The zero-order valence-corrected chi connectivity index (χ0v) is 15.0. The number of hydrogen-bond donors (Lipinski definition) is 2. The molecule has 2 aliphatic rings. The van der Waals surface area contributed by atoms with Crippen molar-refractivity contribution < 1.29 is 9.59 Å². The number of aromatic nitrogens is 2. The van der Waals surface area contributed by atoms with Crippen LogP contribution in [0.2, 0.25) is 0 Å². The highest BCUT2D eigenvalue weighted by atomic mass is 16.2. The van der Waals surface area contributed by atoms with E-state index in [1.54, 1.807) is 17.1 Å². The predicted octanol–water partition coefficient (Wildman–Crippen LogP) is 1.16. The summed E-state index contributed by atoms with van der Waals surface area (Å²) in [6.45, 7) is 1.70. The summed E-state index contributed by atoms with van der Waals surface area (Å²) in [5.41, 5.74) is 0.563. The molecule has 1 aromatic heterocycles. The lowest BCUT2D eigenvalue weighted by molar-refractivity contribution is -0.122. The molecule has 2 N–H and O–H groups in total. The summed E-state index contributed by atoms with van der Waals surface area (Å²) in [5.74, 6) is -0.0164. The first-order chi connectivity index (χ1) is 12.2. The minimum absolute atomic E-state index is 0.00786. The Bertz CT molecular complexity index is 586. The molecule has 1 aliphatic heterocycles. The van der Waals surface area contributed by atoms with Gasteiger partial charge in [0.2, 0.25) is 5.91 Å². The van der Waals surface area contributed by atoms with E-state index in [1.165, 1.54) is 19.3 Å². The van der Waals surface area contributed by atoms with Gasteiger partial charge in [-0.1, -0.05) is 19.3 Å². The first kappa shape index (κ1) is 17.9. The number of hydrogen-bond acceptors (Lipinski definition) is 4. The summed E-state index contributed by atoms with van der Waals surface area (Å²) < 4.78 is 1.56. The normalized spacial score (nSPS) is 19.8. The van der Waals surface area contributed by atoms with E-state index >= 15 is 0 Å². The molecule has 1 saturated heterocycles. The Morgan fingerprint density at radius 3 is 2.52 bits per heavy atom. The highest BCUT2D eigenvalue weighted by Gasteiger charge is 2.24. The fourth-order valence-electron chi connectivity index (χ4n) is 3.78. The highest BCUT2D eigenvalue weighted by molar-refractivity contribution is 5.93. The van der Waals surface area contributed by atoms with Crippen molar-refractivity contribution in [3.05, 3.63) is 18.0 Å². The first-order valence-electron chi connectivity index (χ1n) is 9.44. The average molecular weight is 347 g/mol. The van der Waals surface area contributed by atoms with Crippen LogP contribution in [0.3, 0.4) is 0 Å². The van der Waals surface area contributed by atoms with Gasteiger partial charge in [0.15, 0.2) is 0 Å². The second kappa shape index (κ2) is 8.47. The minimum atomic E-state index is -0.0242. The van der Waals surface area contributed by atoms with Gasteiger partial charge >= 0.3 is 0 Å². The number of piperidine rings is 1.